The van der Waals surface area contributed by atoms with Crippen molar-refractivity contribution in [3.63, 3.8) is 0 Å². The van der Waals surface area contributed by atoms with Crippen molar-refractivity contribution in [3.05, 3.63) is 55.9 Å². The summed E-state index contributed by atoms with van der Waals surface area (Å²) < 4.78 is 6.85. The average molecular weight is 447 g/mol. The smallest absolute Gasteiger partial charge is 0.269 e. The second kappa shape index (κ2) is 9.30. The molecule has 146 valence electrons. The molecule has 1 aromatic carbocycles. The fourth-order valence-corrected chi connectivity index (χ4v) is 3.16. The van der Waals surface area contributed by atoms with Gasteiger partial charge in [0.15, 0.2) is 0 Å². The van der Waals surface area contributed by atoms with E-state index in [1.54, 1.807) is 31.2 Å². The first-order valence-corrected chi connectivity index (χ1v) is 9.06. The number of anilines is 2. The topological polar surface area (TPSA) is 113 Å². The number of nitriles is 1. The highest BCUT2D eigenvalue weighted by atomic mass is 79.9. The second-order valence-corrected chi connectivity index (χ2v) is 6.79. The quantitative estimate of drug-likeness (QED) is 0.707. The molecule has 2 amide bonds. The highest BCUT2D eigenvalue weighted by Gasteiger charge is 2.19. The number of amides is 2. The van der Waals surface area contributed by atoms with Crippen molar-refractivity contribution >= 4 is 39.1 Å². The van der Waals surface area contributed by atoms with Crippen LogP contribution in [0.3, 0.4) is 0 Å². The molecule has 1 heterocycles. The summed E-state index contributed by atoms with van der Waals surface area (Å²) in [4.78, 5) is 36.1. The molecule has 0 unspecified atom stereocenters. The van der Waals surface area contributed by atoms with Crippen molar-refractivity contribution in [1.29, 1.82) is 5.26 Å². The number of pyridine rings is 1. The molecule has 0 saturated heterocycles. The molecule has 2 rings (SSSR count). The van der Waals surface area contributed by atoms with Gasteiger partial charge in [-0.15, -0.1) is 0 Å². The van der Waals surface area contributed by atoms with Crippen LogP contribution in [0, 0.1) is 18.3 Å². The van der Waals surface area contributed by atoms with E-state index in [-0.39, 0.29) is 24.6 Å². The maximum absolute atomic E-state index is 12.6. The third-order valence-electron chi connectivity index (χ3n) is 3.94. The van der Waals surface area contributed by atoms with Crippen molar-refractivity contribution in [1.82, 2.24) is 4.57 Å². The van der Waals surface area contributed by atoms with Crippen molar-refractivity contribution in [3.8, 4) is 6.07 Å². The summed E-state index contributed by atoms with van der Waals surface area (Å²) in [6.07, 6.45) is 0. The molecule has 1 aromatic heterocycles. The molecule has 0 fully saturated rings. The number of nitrogens with one attached hydrogen (secondary N) is 2. The molecule has 0 atom stereocenters. The zero-order valence-corrected chi connectivity index (χ0v) is 17.2. The molecular weight excluding hydrogens is 428 g/mol. The Morgan fingerprint density at radius 2 is 1.79 bits per heavy atom. The number of ether oxygens (including phenoxy) is 1. The number of methoxy groups -OCH3 is 1. The summed E-state index contributed by atoms with van der Waals surface area (Å²) in [5.41, 5.74) is 1.48. The van der Waals surface area contributed by atoms with Gasteiger partial charge in [-0.3, -0.25) is 14.4 Å². The standard InChI is InChI=1S/C19H19BrN4O4/c1-11-18(20)16(10-28-3)15(8-21)19(27)24(11)9-17(26)23-14-6-4-13(5-7-14)22-12(2)25/h4-7H,9-10H2,1-3H3,(H,22,25)(H,23,26). The van der Waals surface area contributed by atoms with Gasteiger partial charge in [-0.2, -0.15) is 5.26 Å². The number of aromatic nitrogens is 1. The van der Waals surface area contributed by atoms with Crippen LogP contribution in [0.4, 0.5) is 11.4 Å². The molecule has 0 bridgehead atoms. The van der Waals surface area contributed by atoms with Gasteiger partial charge in [0.1, 0.15) is 18.2 Å². The highest BCUT2D eigenvalue weighted by molar-refractivity contribution is 9.10. The molecule has 2 aromatic rings. The number of rotatable bonds is 6. The predicted molar refractivity (Wildman–Crippen MR) is 108 cm³/mol. The van der Waals surface area contributed by atoms with Crippen LogP contribution < -0.4 is 16.2 Å². The Hall–Kier alpha value is -2.96. The lowest BCUT2D eigenvalue weighted by Crippen LogP contribution is -2.32. The lowest BCUT2D eigenvalue weighted by Gasteiger charge is -2.16. The van der Waals surface area contributed by atoms with Crippen molar-refractivity contribution in [2.24, 2.45) is 0 Å². The number of nitrogens with zero attached hydrogens (tertiary/aromatic N) is 2. The summed E-state index contributed by atoms with van der Waals surface area (Å²) in [6.45, 7) is 2.94. The Balaban J connectivity index is 2.24. The van der Waals surface area contributed by atoms with E-state index in [0.29, 0.717) is 27.1 Å². The van der Waals surface area contributed by atoms with E-state index in [4.69, 9.17) is 4.74 Å². The van der Waals surface area contributed by atoms with Gasteiger partial charge in [-0.25, -0.2) is 0 Å². The minimum Gasteiger partial charge on any atom is -0.380 e. The molecular formula is C19H19BrN4O4. The molecule has 8 nitrogen and oxygen atoms in total. The van der Waals surface area contributed by atoms with Crippen LogP contribution in [0.1, 0.15) is 23.7 Å². The van der Waals surface area contributed by atoms with Crippen LogP contribution in [0.2, 0.25) is 0 Å². The van der Waals surface area contributed by atoms with Crippen molar-refractivity contribution in [2.75, 3.05) is 17.7 Å². The fraction of sp³-hybridized carbons (Fsp3) is 0.263. The van der Waals surface area contributed by atoms with E-state index in [0.717, 1.165) is 0 Å². The van der Waals surface area contributed by atoms with E-state index in [1.165, 1.54) is 18.6 Å². The third kappa shape index (κ3) is 4.85. The second-order valence-electron chi connectivity index (χ2n) is 6.00. The van der Waals surface area contributed by atoms with Gasteiger partial charge < -0.3 is 19.9 Å². The molecule has 28 heavy (non-hydrogen) atoms. The number of hydrogen-bond acceptors (Lipinski definition) is 5. The Bertz CT molecular complexity index is 1010. The normalized spacial score (nSPS) is 10.2. The Labute approximate surface area is 170 Å². The average Bonchev–Trinajstić information content (AvgIpc) is 2.65. The minimum atomic E-state index is -0.550. The van der Waals surface area contributed by atoms with Crippen molar-refractivity contribution in [2.45, 2.75) is 27.0 Å². The van der Waals surface area contributed by atoms with Crippen LogP contribution in [0.5, 0.6) is 0 Å². The molecule has 0 aliphatic heterocycles. The number of hydrogen-bond donors (Lipinski definition) is 2. The lowest BCUT2D eigenvalue weighted by atomic mass is 10.1. The molecule has 9 heteroatoms. The fourth-order valence-electron chi connectivity index (χ4n) is 2.63. The van der Waals surface area contributed by atoms with E-state index in [9.17, 15) is 19.6 Å². The van der Waals surface area contributed by atoms with Gasteiger partial charge in [0.25, 0.3) is 5.56 Å². The van der Waals surface area contributed by atoms with Gasteiger partial charge in [-0.1, -0.05) is 0 Å². The van der Waals surface area contributed by atoms with Crippen LogP contribution >= 0.6 is 15.9 Å². The van der Waals surface area contributed by atoms with Crippen LogP contribution in [0.15, 0.2) is 33.5 Å². The van der Waals surface area contributed by atoms with E-state index < -0.39 is 11.5 Å². The number of carbonyl (C=O) groups is 2. The minimum absolute atomic E-state index is 0.0632. The Morgan fingerprint density at radius 3 is 2.29 bits per heavy atom. The van der Waals surface area contributed by atoms with Crippen molar-refractivity contribution < 1.29 is 14.3 Å². The maximum Gasteiger partial charge on any atom is 0.269 e. The lowest BCUT2D eigenvalue weighted by molar-refractivity contribution is -0.117. The molecule has 0 aliphatic rings. The highest BCUT2D eigenvalue weighted by Crippen LogP contribution is 2.23. The van der Waals surface area contributed by atoms with Gasteiger partial charge in [-0.05, 0) is 47.1 Å². The van der Waals surface area contributed by atoms with E-state index in [2.05, 4.69) is 26.6 Å². The van der Waals surface area contributed by atoms with E-state index >= 15 is 0 Å². The molecule has 0 spiro atoms. The molecule has 0 aliphatic carbocycles. The summed E-state index contributed by atoms with van der Waals surface area (Å²) in [7, 11) is 1.47. The first-order chi connectivity index (χ1) is 13.3. The Kier molecular flexibility index (Phi) is 7.09. The third-order valence-corrected chi connectivity index (χ3v) is 4.99. The summed E-state index contributed by atoms with van der Waals surface area (Å²) in [5.74, 6) is -0.616. The zero-order chi connectivity index (χ0) is 20.8. The van der Waals surface area contributed by atoms with E-state index in [1.807, 2.05) is 6.07 Å². The summed E-state index contributed by atoms with van der Waals surface area (Å²) in [5, 5.41) is 14.7. The van der Waals surface area contributed by atoms with Gasteiger partial charge >= 0.3 is 0 Å². The zero-order valence-electron chi connectivity index (χ0n) is 15.6. The SMILES string of the molecule is COCc1c(Br)c(C)n(CC(=O)Nc2ccc(NC(C)=O)cc2)c(=O)c1C#N. The monoisotopic (exact) mass is 446 g/mol. The summed E-state index contributed by atoms with van der Waals surface area (Å²) in [6, 6.07) is 8.47. The number of benzene rings is 1. The molecule has 0 radical (unpaired) electrons. The molecule has 2 N–H and O–H groups in total. The Morgan fingerprint density at radius 1 is 1.21 bits per heavy atom. The first-order valence-electron chi connectivity index (χ1n) is 8.26. The maximum atomic E-state index is 12.6. The van der Waals surface area contributed by atoms with Gasteiger partial charge in [0, 0.05) is 41.1 Å². The van der Waals surface area contributed by atoms with Crippen LogP contribution in [-0.4, -0.2) is 23.5 Å². The summed E-state index contributed by atoms with van der Waals surface area (Å²) >= 11 is 3.39. The van der Waals surface area contributed by atoms with Crippen LogP contribution in [0.25, 0.3) is 0 Å². The van der Waals surface area contributed by atoms with Gasteiger partial charge in [0.05, 0.1) is 6.61 Å². The number of carbonyl (C=O) groups excluding carboxylic acids is 2. The predicted octanol–water partition coefficient (Wildman–Crippen LogP) is 2.53. The number of halogens is 1. The molecule has 0 saturated carbocycles. The first kappa shape index (κ1) is 21.3. The van der Waals surface area contributed by atoms with Crippen LogP contribution in [-0.2, 0) is 27.5 Å². The largest absolute Gasteiger partial charge is 0.380 e. The van der Waals surface area contributed by atoms with Gasteiger partial charge in [0.2, 0.25) is 11.8 Å².